The van der Waals surface area contributed by atoms with Crippen LogP contribution >= 0.6 is 0 Å². The van der Waals surface area contributed by atoms with Crippen molar-refractivity contribution in [2.75, 3.05) is 0 Å². The van der Waals surface area contributed by atoms with Crippen molar-refractivity contribution in [2.45, 2.75) is 144 Å². The maximum atomic E-state index is 13.0. The second-order valence-corrected chi connectivity index (χ2v) is 28.5. The normalized spacial score (nSPS) is 13.1. The highest BCUT2D eigenvalue weighted by Gasteiger charge is 2.36. The van der Waals surface area contributed by atoms with Gasteiger partial charge in [-0.2, -0.15) is 0 Å². The fraction of sp³-hybridized carbons (Fsp3) is 0.282. The molecule has 0 unspecified atom stereocenters. The molecule has 0 amide bonds. The van der Waals surface area contributed by atoms with Gasteiger partial charge >= 0.3 is 7.12 Å². The Balaban J connectivity index is 1.16. The number of nitrogens with zero attached hydrogens (tertiary/aromatic N) is 4. The molecule has 1 aliphatic rings. The zero-order chi connectivity index (χ0) is 60.9. The predicted molar refractivity (Wildman–Crippen MR) is 361 cm³/mol. The van der Waals surface area contributed by atoms with Crippen LogP contribution in [0.3, 0.4) is 0 Å². The van der Waals surface area contributed by atoms with Crippen molar-refractivity contribution in [1.82, 2.24) is 19.1 Å². The Hall–Kier alpha value is -8.62. The molecule has 434 valence electrons. The zero-order valence-corrected chi connectivity index (χ0v) is 53.1. The summed E-state index contributed by atoms with van der Waals surface area (Å²) in [4.78, 5) is 11.6. The molecule has 7 nitrogen and oxygen atoms in total. The number of hydrogen-bond donors (Lipinski definition) is 1. The summed E-state index contributed by atoms with van der Waals surface area (Å²) in [6.07, 6.45) is 0. The molecular weight excluding hydrogens is 1050 g/mol. The second kappa shape index (κ2) is 21.4. The molecule has 2 aromatic heterocycles. The highest BCUT2D eigenvalue weighted by Crippen LogP contribution is 2.48. The van der Waals surface area contributed by atoms with Gasteiger partial charge in [-0.05, 0) is 156 Å². The second-order valence-electron chi connectivity index (χ2n) is 28.5. The van der Waals surface area contributed by atoms with Crippen LogP contribution in [0.5, 0.6) is 17.2 Å². The van der Waals surface area contributed by atoms with Gasteiger partial charge in [0.15, 0.2) is 0 Å². The largest absolute Gasteiger partial charge is 0.632 e. The lowest BCUT2D eigenvalue weighted by atomic mass is 9.78. The third kappa shape index (κ3) is 10.6. The van der Waals surface area contributed by atoms with Crippen LogP contribution in [-0.4, -0.2) is 31.3 Å². The van der Waals surface area contributed by atoms with E-state index in [4.69, 9.17) is 19.3 Å². The van der Waals surface area contributed by atoms with E-state index in [0.717, 1.165) is 101 Å². The van der Waals surface area contributed by atoms with Crippen LogP contribution in [0.4, 0.5) is 0 Å². The number of benzene rings is 9. The summed E-state index contributed by atoms with van der Waals surface area (Å²) >= 11 is 0. The third-order valence-electron chi connectivity index (χ3n) is 17.3. The van der Waals surface area contributed by atoms with Gasteiger partial charge in [0.2, 0.25) is 0 Å². The number of aromatic hydroxyl groups is 1. The van der Waals surface area contributed by atoms with Gasteiger partial charge in [-0.3, -0.25) is 9.13 Å². The number of phenols is 1. The monoisotopic (exact) mass is 1130 g/mol. The SMILES string of the molecule is CC(C)c1cc(-c2ccccc2)cc(C(C)C)c1-n1c(-c2cc(C(C)(C)C)cc(C(C)(C)C)c2O)nc2c(-c3cc(-c4nc5ccc(B6Oc7ccccc7O6)cc5n4-c4ccc(C(C)(C)C)cc4-c4ccccc4)cc(C(C)(C)C)c3)cccc21. The van der Waals surface area contributed by atoms with E-state index in [1.807, 2.05) is 24.3 Å². The van der Waals surface area contributed by atoms with E-state index in [1.54, 1.807) is 0 Å². The van der Waals surface area contributed by atoms with Crippen LogP contribution in [0.2, 0.25) is 0 Å². The van der Waals surface area contributed by atoms with Crippen molar-refractivity contribution in [1.29, 1.82) is 0 Å². The molecule has 12 rings (SSSR count). The Morgan fingerprint density at radius 2 is 0.988 bits per heavy atom. The molecular formula is C78H81BN4O3. The average molecular weight is 1130 g/mol. The first-order valence-electron chi connectivity index (χ1n) is 30.7. The van der Waals surface area contributed by atoms with Crippen molar-refractivity contribution in [3.8, 4) is 84.8 Å². The zero-order valence-electron chi connectivity index (χ0n) is 53.1. The molecule has 0 radical (unpaired) electrons. The van der Waals surface area contributed by atoms with E-state index >= 15 is 0 Å². The van der Waals surface area contributed by atoms with Crippen LogP contribution in [0, 0.1) is 0 Å². The van der Waals surface area contributed by atoms with Crippen molar-refractivity contribution in [3.63, 3.8) is 0 Å². The summed E-state index contributed by atoms with van der Waals surface area (Å²) in [5.41, 5.74) is 20.7. The number of imidazole rings is 2. The average Bonchev–Trinajstić information content (AvgIpc) is 1.63. The molecule has 86 heavy (non-hydrogen) atoms. The smallest absolute Gasteiger partial charge is 0.519 e. The van der Waals surface area contributed by atoms with Gasteiger partial charge in [0, 0.05) is 27.7 Å². The molecule has 8 heteroatoms. The van der Waals surface area contributed by atoms with Crippen molar-refractivity contribution in [2.24, 2.45) is 0 Å². The molecule has 3 heterocycles. The highest BCUT2D eigenvalue weighted by atomic mass is 16.6. The minimum Gasteiger partial charge on any atom is -0.519 e. The van der Waals surface area contributed by atoms with Crippen LogP contribution in [0.15, 0.2) is 182 Å². The first kappa shape index (κ1) is 57.8. The molecule has 0 fully saturated rings. The first-order valence-corrected chi connectivity index (χ1v) is 30.7. The quantitative estimate of drug-likeness (QED) is 0.138. The van der Waals surface area contributed by atoms with Crippen molar-refractivity contribution < 1.29 is 14.4 Å². The van der Waals surface area contributed by atoms with Crippen LogP contribution in [0.1, 0.15) is 156 Å². The van der Waals surface area contributed by atoms with Gasteiger partial charge in [-0.25, -0.2) is 9.97 Å². The van der Waals surface area contributed by atoms with Crippen molar-refractivity contribution >= 4 is 34.6 Å². The van der Waals surface area contributed by atoms with E-state index < -0.39 is 7.12 Å². The molecule has 0 atom stereocenters. The first-order chi connectivity index (χ1) is 40.7. The van der Waals surface area contributed by atoms with Crippen LogP contribution in [-0.2, 0) is 21.7 Å². The Kier molecular flexibility index (Phi) is 14.4. The highest BCUT2D eigenvalue weighted by molar-refractivity contribution is 6.64. The fourth-order valence-electron chi connectivity index (χ4n) is 12.3. The van der Waals surface area contributed by atoms with Gasteiger partial charge in [0.05, 0.1) is 39.0 Å². The maximum Gasteiger partial charge on any atom is 0.632 e. The van der Waals surface area contributed by atoms with Crippen LogP contribution < -0.4 is 14.8 Å². The molecule has 9 aromatic carbocycles. The minimum absolute atomic E-state index is 0.105. The van der Waals surface area contributed by atoms with Crippen LogP contribution in [0.25, 0.3) is 89.6 Å². The molecule has 1 N–H and O–H groups in total. The van der Waals surface area contributed by atoms with E-state index in [1.165, 1.54) is 27.8 Å². The fourth-order valence-corrected chi connectivity index (χ4v) is 12.3. The molecule has 0 bridgehead atoms. The van der Waals surface area contributed by atoms with Gasteiger partial charge in [0.25, 0.3) is 0 Å². The van der Waals surface area contributed by atoms with E-state index in [-0.39, 0.29) is 39.2 Å². The summed E-state index contributed by atoms with van der Waals surface area (Å²) in [6, 6.07) is 65.4. The van der Waals surface area contributed by atoms with E-state index in [9.17, 15) is 5.11 Å². The Labute approximate surface area is 509 Å². The summed E-state index contributed by atoms with van der Waals surface area (Å²) in [5, 5.41) is 13.0. The lowest BCUT2D eigenvalue weighted by molar-refractivity contribution is 0.446. The molecule has 0 saturated heterocycles. The Morgan fingerprint density at radius 3 is 1.58 bits per heavy atom. The standard InChI is InChI=1S/C78H81BN4O3/c1-47(2)59-41-51(49-26-19-17-20-27-49)42-60(48(3)4)71(59)83-66-31-25-30-58(70(66)81-74(83)62-44-56(77(11,12)13)45-63(72(62)84)78(14,15)16)52-38-53(40-55(39-52)76(8,9)10)73-80-64-36-35-57(79-85-68-32-23-24-33-69(68)86-79)46-67(64)82(73)65-37-34-54(75(5,6)7)43-61(65)50-28-21-18-22-29-50/h17-48,84H,1-16H3. The summed E-state index contributed by atoms with van der Waals surface area (Å²) < 4.78 is 17.7. The Morgan fingerprint density at radius 1 is 0.419 bits per heavy atom. The summed E-state index contributed by atoms with van der Waals surface area (Å²) in [5.74, 6) is 3.49. The molecule has 11 aromatic rings. The summed E-state index contributed by atoms with van der Waals surface area (Å²) in [7, 11) is -0.630. The van der Waals surface area contributed by atoms with Gasteiger partial charge in [-0.1, -0.05) is 220 Å². The predicted octanol–water partition coefficient (Wildman–Crippen LogP) is 20.0. The van der Waals surface area contributed by atoms with E-state index in [0.29, 0.717) is 11.4 Å². The lowest BCUT2D eigenvalue weighted by Crippen LogP contribution is -2.39. The third-order valence-corrected chi connectivity index (χ3v) is 17.3. The molecule has 0 spiro atoms. The Bertz CT molecular complexity index is 4350. The van der Waals surface area contributed by atoms with Gasteiger partial charge < -0.3 is 14.4 Å². The summed E-state index contributed by atoms with van der Waals surface area (Å²) in [6.45, 7) is 36.2. The molecule has 1 aliphatic heterocycles. The molecule has 0 saturated carbocycles. The van der Waals surface area contributed by atoms with Crippen molar-refractivity contribution in [3.05, 3.63) is 215 Å². The number of para-hydroxylation sites is 3. The number of phenolic OH excluding ortho intramolecular Hbond substituents is 1. The number of rotatable bonds is 10. The van der Waals surface area contributed by atoms with E-state index in [2.05, 4.69) is 278 Å². The number of fused-ring (bicyclic) bond motifs is 3. The van der Waals surface area contributed by atoms with Gasteiger partial charge in [0.1, 0.15) is 28.9 Å². The number of hydrogen-bond acceptors (Lipinski definition) is 5. The minimum atomic E-state index is -0.630. The van der Waals surface area contributed by atoms with Gasteiger partial charge in [-0.15, -0.1) is 0 Å². The molecule has 0 aliphatic carbocycles. The topological polar surface area (TPSA) is 74.3 Å². The number of aromatic nitrogens is 4. The lowest BCUT2D eigenvalue weighted by Gasteiger charge is -2.28. The maximum absolute atomic E-state index is 13.0.